The molecule has 0 saturated carbocycles. The van der Waals surface area contributed by atoms with Crippen LogP contribution >= 0.6 is 11.8 Å². The van der Waals surface area contributed by atoms with Gasteiger partial charge in [-0.25, -0.2) is 4.79 Å². The first-order chi connectivity index (χ1) is 15.9. The summed E-state index contributed by atoms with van der Waals surface area (Å²) in [5, 5.41) is -0.468. The summed E-state index contributed by atoms with van der Waals surface area (Å²) in [5.41, 5.74) is 2.02. The molecule has 2 aliphatic heterocycles. The number of ether oxygens (including phenoxy) is 1. The Morgan fingerprint density at radius 3 is 2.61 bits per heavy atom. The molecular formula is C24H24N2O6S. The van der Waals surface area contributed by atoms with Crippen molar-refractivity contribution in [2.45, 2.75) is 26.2 Å². The molecule has 3 heterocycles. The van der Waals surface area contributed by atoms with E-state index in [4.69, 9.17) is 9.15 Å². The smallest absolute Gasteiger partial charge is 0.337 e. The van der Waals surface area contributed by atoms with Crippen LogP contribution in [0.15, 0.2) is 39.7 Å². The number of benzene rings is 1. The van der Waals surface area contributed by atoms with Gasteiger partial charge in [0.05, 0.1) is 17.6 Å². The topological polar surface area (TPSA) is 97.1 Å². The molecule has 0 bridgehead atoms. The van der Waals surface area contributed by atoms with E-state index >= 15 is 0 Å². The number of nitrogens with zero attached hydrogens (tertiary/aromatic N) is 2. The summed E-state index contributed by atoms with van der Waals surface area (Å²) in [4.78, 5) is 52.4. The van der Waals surface area contributed by atoms with E-state index in [0.717, 1.165) is 47.1 Å². The number of imide groups is 1. The van der Waals surface area contributed by atoms with Crippen LogP contribution in [0.1, 0.15) is 40.9 Å². The molecule has 33 heavy (non-hydrogen) atoms. The van der Waals surface area contributed by atoms with Gasteiger partial charge in [0.2, 0.25) is 5.91 Å². The number of esters is 1. The van der Waals surface area contributed by atoms with E-state index < -0.39 is 17.1 Å². The minimum Gasteiger partial charge on any atom is -0.465 e. The van der Waals surface area contributed by atoms with E-state index in [1.807, 2.05) is 6.92 Å². The normalized spacial score (nSPS) is 17.7. The second kappa shape index (κ2) is 9.66. The summed E-state index contributed by atoms with van der Waals surface area (Å²) in [6.07, 6.45) is 4.47. The Morgan fingerprint density at radius 1 is 1.12 bits per heavy atom. The van der Waals surface area contributed by atoms with Crippen molar-refractivity contribution in [1.82, 2.24) is 9.80 Å². The number of hydrogen-bond donors (Lipinski definition) is 0. The lowest BCUT2D eigenvalue weighted by Gasteiger charge is -2.27. The number of aryl methyl sites for hydroxylation is 1. The Labute approximate surface area is 195 Å². The van der Waals surface area contributed by atoms with Gasteiger partial charge in [-0.05, 0) is 67.8 Å². The van der Waals surface area contributed by atoms with Crippen LogP contribution in [0.5, 0.6) is 0 Å². The van der Waals surface area contributed by atoms with Crippen molar-refractivity contribution in [3.8, 4) is 11.3 Å². The predicted molar refractivity (Wildman–Crippen MR) is 123 cm³/mol. The SMILES string of the molecule is COC(=O)c1ccc(C)c(-c2ccc(/C=C3\SC(=O)N(CC(=O)N4CCCCC4)C3=O)o2)c1. The summed E-state index contributed by atoms with van der Waals surface area (Å²) >= 11 is 0.789. The largest absolute Gasteiger partial charge is 0.465 e. The zero-order chi connectivity index (χ0) is 23.5. The van der Waals surface area contributed by atoms with Gasteiger partial charge in [0.1, 0.15) is 18.1 Å². The molecule has 0 N–H and O–H groups in total. The minimum atomic E-state index is -0.503. The van der Waals surface area contributed by atoms with E-state index in [0.29, 0.717) is 30.2 Å². The molecule has 1 aromatic carbocycles. The van der Waals surface area contributed by atoms with E-state index in [2.05, 4.69) is 0 Å². The van der Waals surface area contributed by atoms with Gasteiger partial charge in [-0.2, -0.15) is 0 Å². The molecule has 2 saturated heterocycles. The van der Waals surface area contributed by atoms with Crippen molar-refractivity contribution in [2.24, 2.45) is 0 Å². The minimum absolute atomic E-state index is 0.201. The van der Waals surface area contributed by atoms with Gasteiger partial charge >= 0.3 is 5.97 Å². The Morgan fingerprint density at radius 2 is 1.88 bits per heavy atom. The molecule has 2 aromatic rings. The summed E-state index contributed by atoms with van der Waals surface area (Å²) in [6, 6.07) is 8.58. The monoisotopic (exact) mass is 468 g/mol. The van der Waals surface area contributed by atoms with Crippen molar-refractivity contribution in [2.75, 3.05) is 26.7 Å². The van der Waals surface area contributed by atoms with E-state index in [-0.39, 0.29) is 17.4 Å². The second-order valence-corrected chi connectivity index (χ2v) is 8.93. The number of amides is 3. The van der Waals surface area contributed by atoms with Crippen LogP contribution in [0.3, 0.4) is 0 Å². The van der Waals surface area contributed by atoms with Crippen molar-refractivity contribution < 1.29 is 28.3 Å². The number of likely N-dealkylation sites (tertiary alicyclic amines) is 1. The average Bonchev–Trinajstić information content (AvgIpc) is 3.39. The van der Waals surface area contributed by atoms with Crippen LogP contribution in [0.25, 0.3) is 17.4 Å². The molecule has 0 radical (unpaired) electrons. The fraction of sp³-hybridized carbons (Fsp3) is 0.333. The first-order valence-electron chi connectivity index (χ1n) is 10.7. The van der Waals surface area contributed by atoms with Gasteiger partial charge in [0.15, 0.2) is 0 Å². The quantitative estimate of drug-likeness (QED) is 0.482. The lowest BCUT2D eigenvalue weighted by Crippen LogP contribution is -2.44. The van der Waals surface area contributed by atoms with Crippen molar-refractivity contribution in [3.05, 3.63) is 52.1 Å². The van der Waals surface area contributed by atoms with Gasteiger partial charge in [-0.15, -0.1) is 0 Å². The highest BCUT2D eigenvalue weighted by molar-refractivity contribution is 8.18. The molecule has 9 heteroatoms. The number of carbonyl (C=O) groups excluding carboxylic acids is 4. The van der Waals surface area contributed by atoms with Gasteiger partial charge < -0.3 is 14.1 Å². The molecule has 0 unspecified atom stereocenters. The molecule has 0 aliphatic carbocycles. The first-order valence-corrected chi connectivity index (χ1v) is 11.5. The van der Waals surface area contributed by atoms with Crippen LogP contribution in [0.2, 0.25) is 0 Å². The molecule has 1 aromatic heterocycles. The lowest BCUT2D eigenvalue weighted by atomic mass is 10.0. The van der Waals surface area contributed by atoms with Crippen LogP contribution in [0.4, 0.5) is 4.79 Å². The number of thioether (sulfide) groups is 1. The van der Waals surface area contributed by atoms with Gasteiger partial charge in [0.25, 0.3) is 11.1 Å². The highest BCUT2D eigenvalue weighted by atomic mass is 32.2. The highest BCUT2D eigenvalue weighted by Crippen LogP contribution is 2.34. The molecule has 172 valence electrons. The number of rotatable bonds is 5. The van der Waals surface area contributed by atoms with Crippen molar-refractivity contribution >= 4 is 40.9 Å². The number of carbonyl (C=O) groups is 4. The van der Waals surface area contributed by atoms with E-state index in [9.17, 15) is 19.2 Å². The number of methoxy groups -OCH3 is 1. The maximum Gasteiger partial charge on any atom is 0.337 e. The molecule has 0 spiro atoms. The Hall–Kier alpha value is -3.33. The maximum atomic E-state index is 12.8. The van der Waals surface area contributed by atoms with Crippen LogP contribution < -0.4 is 0 Å². The van der Waals surface area contributed by atoms with Crippen LogP contribution in [-0.2, 0) is 14.3 Å². The zero-order valence-corrected chi connectivity index (χ0v) is 19.3. The molecule has 0 atom stereocenters. The summed E-state index contributed by atoms with van der Waals surface area (Å²) in [7, 11) is 1.32. The third-order valence-electron chi connectivity index (χ3n) is 5.70. The molecule has 3 amide bonds. The van der Waals surface area contributed by atoms with E-state index in [1.54, 1.807) is 35.2 Å². The number of hydrogen-bond acceptors (Lipinski definition) is 7. The van der Waals surface area contributed by atoms with E-state index in [1.165, 1.54) is 13.2 Å². The zero-order valence-electron chi connectivity index (χ0n) is 18.5. The predicted octanol–water partition coefficient (Wildman–Crippen LogP) is 4.09. The number of piperidine rings is 1. The number of furan rings is 1. The Bertz CT molecular complexity index is 1150. The standard InChI is InChI=1S/C24H24N2O6S/c1-15-6-7-16(23(29)31-2)12-18(15)19-9-8-17(32-19)13-20-22(28)26(24(30)33-20)14-21(27)25-10-4-3-5-11-25/h6-9,12-13H,3-5,10-11,14H2,1-2H3/b20-13-. The van der Waals surface area contributed by atoms with Crippen molar-refractivity contribution in [1.29, 1.82) is 0 Å². The fourth-order valence-electron chi connectivity index (χ4n) is 3.85. The molecule has 8 nitrogen and oxygen atoms in total. The summed E-state index contributed by atoms with van der Waals surface area (Å²) in [5.74, 6) is -0.253. The maximum absolute atomic E-state index is 12.8. The Kier molecular flexibility index (Phi) is 6.69. The van der Waals surface area contributed by atoms with Gasteiger partial charge in [0, 0.05) is 24.7 Å². The van der Waals surface area contributed by atoms with Crippen LogP contribution in [-0.4, -0.2) is 59.6 Å². The summed E-state index contributed by atoms with van der Waals surface area (Å²) < 4.78 is 10.7. The first kappa shape index (κ1) is 22.8. The highest BCUT2D eigenvalue weighted by Gasteiger charge is 2.37. The average molecular weight is 469 g/mol. The third kappa shape index (κ3) is 4.88. The molecule has 2 aliphatic rings. The molecular weight excluding hydrogens is 444 g/mol. The summed E-state index contributed by atoms with van der Waals surface area (Å²) in [6.45, 7) is 2.97. The molecule has 4 rings (SSSR count). The second-order valence-electron chi connectivity index (χ2n) is 7.93. The van der Waals surface area contributed by atoms with Crippen LogP contribution in [0, 0.1) is 6.92 Å². The molecule has 2 fully saturated rings. The third-order valence-corrected chi connectivity index (χ3v) is 6.61. The fourth-order valence-corrected chi connectivity index (χ4v) is 4.67. The van der Waals surface area contributed by atoms with Gasteiger partial charge in [-0.3, -0.25) is 19.3 Å². The van der Waals surface area contributed by atoms with Gasteiger partial charge in [-0.1, -0.05) is 6.07 Å². The Balaban J connectivity index is 1.50. The lowest BCUT2D eigenvalue weighted by molar-refractivity contribution is -0.136. The van der Waals surface area contributed by atoms with Crippen molar-refractivity contribution in [3.63, 3.8) is 0 Å².